The van der Waals surface area contributed by atoms with E-state index in [4.69, 9.17) is 4.52 Å². The third kappa shape index (κ3) is 4.89. The van der Waals surface area contributed by atoms with Crippen LogP contribution in [0, 0.1) is 6.92 Å². The van der Waals surface area contributed by atoms with Crippen molar-refractivity contribution in [2.75, 3.05) is 19.6 Å². The molecule has 1 N–H and O–H groups in total. The summed E-state index contributed by atoms with van der Waals surface area (Å²) in [5.41, 5.74) is 1.46. The minimum absolute atomic E-state index is 0.0640. The number of nitrogens with zero attached hydrogens (tertiary/aromatic N) is 3. The highest BCUT2D eigenvalue weighted by atomic mass is 16.5. The van der Waals surface area contributed by atoms with E-state index < -0.39 is 0 Å². The highest BCUT2D eigenvalue weighted by Crippen LogP contribution is 2.16. The smallest absolute Gasteiger partial charge is 0.251 e. The van der Waals surface area contributed by atoms with Gasteiger partial charge in [0.05, 0.1) is 0 Å². The molecule has 6 heteroatoms. The van der Waals surface area contributed by atoms with Gasteiger partial charge in [0.2, 0.25) is 11.7 Å². The maximum atomic E-state index is 12.4. The van der Waals surface area contributed by atoms with Gasteiger partial charge in [-0.3, -0.25) is 4.79 Å². The standard InChI is InChI=1S/C18H26N4O2/c1-5-11-22(6-2)12-13(3)19-18(23)16-9-7-15(8-10-16)17-20-14(4)24-21-17/h7-10,13H,5-6,11-12H2,1-4H3,(H,19,23)/t13-/m1/s1. The molecular formula is C18H26N4O2. The average Bonchev–Trinajstić information content (AvgIpc) is 3.01. The van der Waals surface area contributed by atoms with Crippen LogP contribution in [0.3, 0.4) is 0 Å². The van der Waals surface area contributed by atoms with E-state index in [9.17, 15) is 4.79 Å². The number of nitrogens with one attached hydrogen (secondary N) is 1. The third-order valence-electron chi connectivity index (χ3n) is 3.83. The van der Waals surface area contributed by atoms with E-state index in [2.05, 4.69) is 34.2 Å². The molecule has 1 atom stereocenters. The van der Waals surface area contributed by atoms with Gasteiger partial charge in [-0.2, -0.15) is 4.98 Å². The van der Waals surface area contributed by atoms with Crippen LogP contribution in [-0.2, 0) is 0 Å². The van der Waals surface area contributed by atoms with Gasteiger partial charge in [-0.1, -0.05) is 31.1 Å². The van der Waals surface area contributed by atoms with Crippen LogP contribution in [0.25, 0.3) is 11.4 Å². The molecule has 2 rings (SSSR count). The predicted octanol–water partition coefficient (Wildman–Crippen LogP) is 2.90. The van der Waals surface area contributed by atoms with Crippen LogP contribution in [0.5, 0.6) is 0 Å². The molecule has 0 spiro atoms. The summed E-state index contributed by atoms with van der Waals surface area (Å²) in [6.45, 7) is 11.0. The molecule has 130 valence electrons. The van der Waals surface area contributed by atoms with Crippen LogP contribution >= 0.6 is 0 Å². The molecule has 0 fully saturated rings. The zero-order valence-electron chi connectivity index (χ0n) is 14.9. The van der Waals surface area contributed by atoms with Crippen molar-refractivity contribution in [1.29, 1.82) is 0 Å². The zero-order valence-corrected chi connectivity index (χ0v) is 14.9. The number of aromatic nitrogens is 2. The number of benzene rings is 1. The number of carbonyl (C=O) groups is 1. The van der Waals surface area contributed by atoms with E-state index in [0.29, 0.717) is 17.3 Å². The Morgan fingerprint density at radius 1 is 1.29 bits per heavy atom. The summed E-state index contributed by atoms with van der Waals surface area (Å²) in [4.78, 5) is 18.9. The Balaban J connectivity index is 1.94. The fourth-order valence-electron chi connectivity index (χ4n) is 2.62. The van der Waals surface area contributed by atoms with Crippen molar-refractivity contribution in [1.82, 2.24) is 20.4 Å². The molecule has 0 aliphatic heterocycles. The van der Waals surface area contributed by atoms with Crippen molar-refractivity contribution >= 4 is 5.91 Å². The maximum Gasteiger partial charge on any atom is 0.251 e. The number of amides is 1. The fourth-order valence-corrected chi connectivity index (χ4v) is 2.62. The number of carbonyl (C=O) groups excluding carboxylic acids is 1. The van der Waals surface area contributed by atoms with Crippen LogP contribution in [0.2, 0.25) is 0 Å². The van der Waals surface area contributed by atoms with Crippen molar-refractivity contribution < 1.29 is 9.32 Å². The Hall–Kier alpha value is -2.21. The van der Waals surface area contributed by atoms with Gasteiger partial charge in [-0.25, -0.2) is 0 Å². The van der Waals surface area contributed by atoms with Gasteiger partial charge in [-0.05, 0) is 38.6 Å². The summed E-state index contributed by atoms with van der Waals surface area (Å²) in [6.07, 6.45) is 1.12. The monoisotopic (exact) mass is 330 g/mol. The van der Waals surface area contributed by atoms with E-state index in [1.54, 1.807) is 19.1 Å². The molecule has 1 aromatic heterocycles. The van der Waals surface area contributed by atoms with Crippen molar-refractivity contribution in [3.8, 4) is 11.4 Å². The highest BCUT2D eigenvalue weighted by molar-refractivity contribution is 5.94. The molecule has 0 aliphatic rings. The zero-order chi connectivity index (χ0) is 17.5. The summed E-state index contributed by atoms with van der Waals surface area (Å²) < 4.78 is 4.97. The fraction of sp³-hybridized carbons (Fsp3) is 0.500. The van der Waals surface area contributed by atoms with E-state index in [1.807, 2.05) is 19.1 Å². The van der Waals surface area contributed by atoms with Gasteiger partial charge < -0.3 is 14.7 Å². The molecule has 0 unspecified atom stereocenters. The van der Waals surface area contributed by atoms with Crippen LogP contribution < -0.4 is 5.32 Å². The molecule has 0 bridgehead atoms. The van der Waals surface area contributed by atoms with Crippen molar-refractivity contribution in [3.05, 3.63) is 35.7 Å². The molecule has 0 aliphatic carbocycles. The molecule has 0 saturated heterocycles. The number of hydrogen-bond acceptors (Lipinski definition) is 5. The average molecular weight is 330 g/mol. The number of hydrogen-bond donors (Lipinski definition) is 1. The lowest BCUT2D eigenvalue weighted by Crippen LogP contribution is -2.42. The Labute approximate surface area is 143 Å². The van der Waals surface area contributed by atoms with Gasteiger partial charge in [0.1, 0.15) is 0 Å². The van der Waals surface area contributed by atoms with Gasteiger partial charge in [0, 0.05) is 30.6 Å². The molecule has 6 nitrogen and oxygen atoms in total. The molecule has 0 radical (unpaired) electrons. The molecule has 1 heterocycles. The molecule has 1 amide bonds. The first-order chi connectivity index (χ1) is 11.5. The Morgan fingerprint density at radius 3 is 2.54 bits per heavy atom. The van der Waals surface area contributed by atoms with Gasteiger partial charge >= 0.3 is 0 Å². The summed E-state index contributed by atoms with van der Waals surface area (Å²) in [6, 6.07) is 7.33. The van der Waals surface area contributed by atoms with Crippen LogP contribution in [-0.4, -0.2) is 46.6 Å². The van der Waals surface area contributed by atoms with Gasteiger partial charge in [-0.15, -0.1) is 0 Å². The Kier molecular flexibility index (Phi) is 6.49. The Bertz CT molecular complexity index is 651. The van der Waals surface area contributed by atoms with Crippen molar-refractivity contribution in [3.63, 3.8) is 0 Å². The van der Waals surface area contributed by atoms with Crippen molar-refractivity contribution in [2.45, 2.75) is 40.2 Å². The minimum atomic E-state index is -0.0640. The molecular weight excluding hydrogens is 304 g/mol. The van der Waals surface area contributed by atoms with Crippen molar-refractivity contribution in [2.24, 2.45) is 0 Å². The highest BCUT2D eigenvalue weighted by Gasteiger charge is 2.13. The number of rotatable bonds is 8. The largest absolute Gasteiger partial charge is 0.348 e. The quantitative estimate of drug-likeness (QED) is 0.806. The lowest BCUT2D eigenvalue weighted by molar-refractivity contribution is 0.0929. The first-order valence-corrected chi connectivity index (χ1v) is 8.47. The molecule has 1 aromatic carbocycles. The normalized spacial score (nSPS) is 12.4. The van der Waals surface area contributed by atoms with Gasteiger partial charge in [0.15, 0.2) is 0 Å². The summed E-state index contributed by atoms with van der Waals surface area (Å²) in [5.74, 6) is 0.991. The summed E-state index contributed by atoms with van der Waals surface area (Å²) in [5, 5.41) is 6.93. The summed E-state index contributed by atoms with van der Waals surface area (Å²) in [7, 11) is 0. The number of likely N-dealkylation sites (N-methyl/N-ethyl adjacent to an activating group) is 1. The topological polar surface area (TPSA) is 71.3 Å². The van der Waals surface area contributed by atoms with E-state index in [-0.39, 0.29) is 11.9 Å². The lowest BCUT2D eigenvalue weighted by Gasteiger charge is -2.24. The molecule has 24 heavy (non-hydrogen) atoms. The Morgan fingerprint density at radius 2 is 2.00 bits per heavy atom. The van der Waals surface area contributed by atoms with Gasteiger partial charge in [0.25, 0.3) is 5.91 Å². The van der Waals surface area contributed by atoms with E-state index in [1.165, 1.54) is 0 Å². The van der Waals surface area contributed by atoms with E-state index in [0.717, 1.165) is 31.6 Å². The predicted molar refractivity (Wildman–Crippen MR) is 93.8 cm³/mol. The van der Waals surface area contributed by atoms with Crippen LogP contribution in [0.15, 0.2) is 28.8 Å². The molecule has 0 saturated carbocycles. The first-order valence-electron chi connectivity index (χ1n) is 8.47. The van der Waals surface area contributed by atoms with E-state index >= 15 is 0 Å². The summed E-state index contributed by atoms with van der Waals surface area (Å²) >= 11 is 0. The molecule has 2 aromatic rings. The second-order valence-electron chi connectivity index (χ2n) is 5.98. The van der Waals surface area contributed by atoms with Crippen LogP contribution in [0.1, 0.15) is 43.4 Å². The van der Waals surface area contributed by atoms with Crippen LogP contribution in [0.4, 0.5) is 0 Å². The first kappa shape index (κ1) is 18.1. The third-order valence-corrected chi connectivity index (χ3v) is 3.83. The second-order valence-corrected chi connectivity index (χ2v) is 5.98. The SMILES string of the molecule is CCCN(CC)C[C@@H](C)NC(=O)c1ccc(-c2noc(C)n2)cc1. The minimum Gasteiger partial charge on any atom is -0.348 e. The lowest BCUT2D eigenvalue weighted by atomic mass is 10.1. The second kappa shape index (κ2) is 8.59. The maximum absolute atomic E-state index is 12.4. The number of aryl methyl sites for hydroxylation is 1.